The lowest BCUT2D eigenvalue weighted by Crippen LogP contribution is -2.34. The summed E-state index contributed by atoms with van der Waals surface area (Å²) >= 11 is 0. The molecule has 32 heavy (non-hydrogen) atoms. The van der Waals surface area contributed by atoms with Crippen LogP contribution in [0.1, 0.15) is 42.5 Å². The molecule has 1 N–H and O–H groups in total. The summed E-state index contributed by atoms with van der Waals surface area (Å²) in [5.41, 5.74) is 3.30. The molecule has 0 aliphatic carbocycles. The highest BCUT2D eigenvalue weighted by Crippen LogP contribution is 2.24. The van der Waals surface area contributed by atoms with E-state index in [9.17, 15) is 4.79 Å². The molecule has 8 heteroatoms. The summed E-state index contributed by atoms with van der Waals surface area (Å²) in [4.78, 5) is 30.4. The highest BCUT2D eigenvalue weighted by Gasteiger charge is 2.28. The van der Waals surface area contributed by atoms with Gasteiger partial charge in [-0.25, -0.2) is 15.0 Å². The van der Waals surface area contributed by atoms with Crippen molar-refractivity contribution in [3.8, 4) is 11.4 Å². The Bertz CT molecular complexity index is 1090. The minimum atomic E-state index is 0.0801. The van der Waals surface area contributed by atoms with Crippen molar-refractivity contribution in [3.05, 3.63) is 54.1 Å². The maximum atomic E-state index is 12.8. The van der Waals surface area contributed by atoms with Gasteiger partial charge in [-0.15, -0.1) is 0 Å². The van der Waals surface area contributed by atoms with Crippen LogP contribution < -0.4 is 5.32 Å². The maximum Gasteiger partial charge on any atom is 0.253 e. The third-order valence-electron chi connectivity index (χ3n) is 5.99. The Morgan fingerprint density at radius 2 is 1.91 bits per heavy atom. The maximum absolute atomic E-state index is 12.8. The highest BCUT2D eigenvalue weighted by molar-refractivity contribution is 5.94. The molecule has 4 rings (SSSR count). The number of nitrogens with zero attached hydrogens (tertiary/aromatic N) is 6. The smallest absolute Gasteiger partial charge is 0.253 e. The fraction of sp³-hybridized carbons (Fsp3) is 0.417. The van der Waals surface area contributed by atoms with Crippen molar-refractivity contribution in [1.82, 2.24) is 29.3 Å². The van der Waals surface area contributed by atoms with Crippen molar-refractivity contribution in [2.24, 2.45) is 0 Å². The second-order valence-electron chi connectivity index (χ2n) is 8.78. The summed E-state index contributed by atoms with van der Waals surface area (Å²) in [6.45, 7) is 7.83. The van der Waals surface area contributed by atoms with E-state index in [2.05, 4.69) is 57.7 Å². The topological polar surface area (TPSA) is 79.2 Å². The number of anilines is 2. The standard InChI is InChI=1S/C24H31N7O/c1-16(2)31-17(3)26-14-22(31)21-10-12-25-24(28-21)27-19-8-6-18(7-9-19)23(32)30-13-11-20(15-30)29(4)5/h6-10,12,14,16,20H,11,13,15H2,1-5H3,(H,25,27,28). The number of benzene rings is 1. The number of hydrogen-bond acceptors (Lipinski definition) is 6. The zero-order chi connectivity index (χ0) is 22.8. The van der Waals surface area contributed by atoms with Gasteiger partial charge in [0.25, 0.3) is 5.91 Å². The lowest BCUT2D eigenvalue weighted by molar-refractivity contribution is 0.0783. The number of rotatable bonds is 6. The Labute approximate surface area is 189 Å². The van der Waals surface area contributed by atoms with Gasteiger partial charge in [0, 0.05) is 42.6 Å². The number of carbonyl (C=O) groups is 1. The summed E-state index contributed by atoms with van der Waals surface area (Å²) in [5.74, 6) is 1.54. The van der Waals surface area contributed by atoms with Gasteiger partial charge in [0.1, 0.15) is 5.82 Å². The fourth-order valence-corrected chi connectivity index (χ4v) is 4.21. The molecule has 3 heterocycles. The molecule has 0 bridgehead atoms. The van der Waals surface area contributed by atoms with Crippen LogP contribution in [0.25, 0.3) is 11.4 Å². The molecular weight excluding hydrogens is 402 g/mol. The van der Waals surface area contributed by atoms with E-state index in [4.69, 9.17) is 0 Å². The first-order valence-corrected chi connectivity index (χ1v) is 11.0. The van der Waals surface area contributed by atoms with Crippen molar-refractivity contribution < 1.29 is 4.79 Å². The van der Waals surface area contributed by atoms with Crippen molar-refractivity contribution in [3.63, 3.8) is 0 Å². The van der Waals surface area contributed by atoms with Gasteiger partial charge in [-0.1, -0.05) is 0 Å². The van der Waals surface area contributed by atoms with Crippen LogP contribution >= 0.6 is 0 Å². The summed E-state index contributed by atoms with van der Waals surface area (Å²) in [7, 11) is 4.13. The Balaban J connectivity index is 1.47. The van der Waals surface area contributed by atoms with Crippen LogP contribution in [0.2, 0.25) is 0 Å². The number of likely N-dealkylation sites (N-methyl/N-ethyl adjacent to an activating group) is 1. The number of hydrogen-bond donors (Lipinski definition) is 1. The van der Waals surface area contributed by atoms with Crippen molar-refractivity contribution in [2.75, 3.05) is 32.5 Å². The van der Waals surface area contributed by atoms with E-state index in [1.54, 1.807) is 6.20 Å². The van der Waals surface area contributed by atoms with Crippen LogP contribution in [0.4, 0.5) is 11.6 Å². The predicted molar refractivity (Wildman–Crippen MR) is 126 cm³/mol. The SMILES string of the molecule is Cc1ncc(-c2ccnc(Nc3ccc(C(=O)N4CCC(N(C)C)C4)cc3)n2)n1C(C)C. The molecule has 1 fully saturated rings. The number of aromatic nitrogens is 4. The lowest BCUT2D eigenvalue weighted by Gasteiger charge is -2.20. The molecule has 2 aromatic heterocycles. The third kappa shape index (κ3) is 4.50. The highest BCUT2D eigenvalue weighted by atomic mass is 16.2. The van der Waals surface area contributed by atoms with Crippen LogP contribution in [0.5, 0.6) is 0 Å². The summed E-state index contributed by atoms with van der Waals surface area (Å²) < 4.78 is 2.16. The molecule has 3 aromatic rings. The van der Waals surface area contributed by atoms with Gasteiger partial charge >= 0.3 is 0 Å². The van der Waals surface area contributed by atoms with Gasteiger partial charge in [-0.2, -0.15) is 0 Å². The average Bonchev–Trinajstić information content (AvgIpc) is 3.41. The summed E-state index contributed by atoms with van der Waals surface area (Å²) in [5, 5.41) is 3.24. The van der Waals surface area contributed by atoms with E-state index >= 15 is 0 Å². The number of carbonyl (C=O) groups excluding carboxylic acids is 1. The fourth-order valence-electron chi connectivity index (χ4n) is 4.21. The van der Waals surface area contributed by atoms with Gasteiger partial charge in [0.2, 0.25) is 5.95 Å². The van der Waals surface area contributed by atoms with Crippen molar-refractivity contribution in [2.45, 2.75) is 39.3 Å². The number of amides is 1. The zero-order valence-corrected chi connectivity index (χ0v) is 19.4. The average molecular weight is 434 g/mol. The Morgan fingerprint density at radius 1 is 1.16 bits per heavy atom. The molecule has 1 atom stereocenters. The van der Waals surface area contributed by atoms with E-state index in [1.807, 2.05) is 48.4 Å². The first-order valence-electron chi connectivity index (χ1n) is 11.0. The summed E-state index contributed by atoms with van der Waals surface area (Å²) in [6.07, 6.45) is 4.60. The van der Waals surface area contributed by atoms with Crippen LogP contribution in [-0.4, -0.2) is 68.5 Å². The van der Waals surface area contributed by atoms with E-state index in [1.165, 1.54) is 0 Å². The Morgan fingerprint density at radius 3 is 2.56 bits per heavy atom. The minimum absolute atomic E-state index is 0.0801. The number of nitrogens with one attached hydrogen (secondary N) is 1. The molecule has 1 amide bonds. The molecule has 1 unspecified atom stereocenters. The van der Waals surface area contributed by atoms with Crippen LogP contribution in [0.15, 0.2) is 42.7 Å². The predicted octanol–water partition coefficient (Wildman–Crippen LogP) is 3.75. The molecule has 8 nitrogen and oxygen atoms in total. The normalized spacial score (nSPS) is 16.2. The first kappa shape index (κ1) is 22.0. The largest absolute Gasteiger partial charge is 0.337 e. The Hall–Kier alpha value is -3.26. The molecule has 168 valence electrons. The molecular formula is C24H31N7O. The molecule has 1 aliphatic rings. The Kier molecular flexibility index (Phi) is 6.23. The lowest BCUT2D eigenvalue weighted by atomic mass is 10.2. The monoisotopic (exact) mass is 433 g/mol. The molecule has 1 aromatic carbocycles. The van der Waals surface area contributed by atoms with Crippen molar-refractivity contribution >= 4 is 17.5 Å². The second-order valence-corrected chi connectivity index (χ2v) is 8.78. The third-order valence-corrected chi connectivity index (χ3v) is 5.99. The van der Waals surface area contributed by atoms with Gasteiger partial charge < -0.3 is 19.7 Å². The van der Waals surface area contributed by atoms with Gasteiger partial charge in [0.05, 0.1) is 17.6 Å². The number of likely N-dealkylation sites (tertiary alicyclic amines) is 1. The van der Waals surface area contributed by atoms with E-state index in [0.717, 1.165) is 42.4 Å². The van der Waals surface area contributed by atoms with E-state index in [-0.39, 0.29) is 11.9 Å². The molecule has 0 saturated carbocycles. The van der Waals surface area contributed by atoms with E-state index < -0.39 is 0 Å². The zero-order valence-electron chi connectivity index (χ0n) is 19.4. The first-order chi connectivity index (χ1) is 15.3. The second kappa shape index (κ2) is 9.08. The van der Waals surface area contributed by atoms with Gasteiger partial charge in [-0.3, -0.25) is 4.79 Å². The van der Waals surface area contributed by atoms with E-state index in [0.29, 0.717) is 17.6 Å². The van der Waals surface area contributed by atoms with Crippen LogP contribution in [-0.2, 0) is 0 Å². The minimum Gasteiger partial charge on any atom is -0.337 e. The summed E-state index contributed by atoms with van der Waals surface area (Å²) in [6, 6.07) is 10.1. The van der Waals surface area contributed by atoms with Gasteiger partial charge in [0.15, 0.2) is 0 Å². The van der Waals surface area contributed by atoms with Gasteiger partial charge in [-0.05, 0) is 71.6 Å². The quantitative estimate of drug-likeness (QED) is 0.638. The molecule has 0 spiro atoms. The molecule has 0 radical (unpaired) electrons. The number of aryl methyl sites for hydroxylation is 1. The molecule has 1 saturated heterocycles. The molecule has 1 aliphatic heterocycles. The number of imidazole rings is 1. The van der Waals surface area contributed by atoms with Crippen LogP contribution in [0, 0.1) is 6.92 Å². The van der Waals surface area contributed by atoms with Crippen molar-refractivity contribution in [1.29, 1.82) is 0 Å². The van der Waals surface area contributed by atoms with Crippen LogP contribution in [0.3, 0.4) is 0 Å².